The maximum absolute atomic E-state index is 9.33. The van der Waals surface area contributed by atoms with Gasteiger partial charge in [0.25, 0.3) is 0 Å². The minimum Gasteiger partial charge on any atom is -0.233 e. The summed E-state index contributed by atoms with van der Waals surface area (Å²) in [6.07, 6.45) is 0. The van der Waals surface area contributed by atoms with Gasteiger partial charge in [-0.2, -0.15) is 0 Å². The van der Waals surface area contributed by atoms with Crippen LogP contribution >= 0.6 is 11.8 Å². The Morgan fingerprint density at radius 2 is 1.57 bits per heavy atom. The Morgan fingerprint density at radius 3 is 1.86 bits per heavy atom. The highest BCUT2D eigenvalue weighted by Gasteiger charge is 1.63. The Balaban J connectivity index is 3.33. The van der Waals surface area contributed by atoms with Crippen LogP contribution in [0.4, 0.5) is 0 Å². The highest BCUT2D eigenvalue weighted by molar-refractivity contribution is 8.05. The van der Waals surface area contributed by atoms with Gasteiger partial charge >= 0.3 is 0 Å². The molecule has 0 atom stereocenters. The lowest BCUT2D eigenvalue weighted by atomic mass is 11.2. The van der Waals surface area contributed by atoms with Crippen LogP contribution in [0.1, 0.15) is 0 Å². The standard InChI is InChI=1S/C4H2O2S/c5-1-3-7-4-2-6/h3-4H. The first-order chi connectivity index (χ1) is 3.41. The third kappa shape index (κ3) is 5.25. The predicted molar refractivity (Wildman–Crippen MR) is 28.1 cm³/mol. The van der Waals surface area contributed by atoms with Gasteiger partial charge < -0.3 is 0 Å². The molecule has 0 saturated heterocycles. The number of hydrogen-bond acceptors (Lipinski definition) is 3. The van der Waals surface area contributed by atoms with Crippen molar-refractivity contribution >= 4 is 23.6 Å². The van der Waals surface area contributed by atoms with E-state index in [2.05, 4.69) is 0 Å². The predicted octanol–water partition coefficient (Wildman–Crippen LogP) is 0.410. The molecule has 0 radical (unpaired) electrons. The second-order valence-electron chi connectivity index (χ2n) is 0.607. The zero-order valence-corrected chi connectivity index (χ0v) is 4.20. The molecule has 0 aromatic carbocycles. The van der Waals surface area contributed by atoms with Gasteiger partial charge in [-0.25, -0.2) is 9.59 Å². The molecule has 7 heavy (non-hydrogen) atoms. The van der Waals surface area contributed by atoms with Crippen LogP contribution in [-0.2, 0) is 9.59 Å². The van der Waals surface area contributed by atoms with E-state index in [4.69, 9.17) is 0 Å². The van der Waals surface area contributed by atoms with Gasteiger partial charge in [0.2, 0.25) is 0 Å². The molecule has 0 unspecified atom stereocenters. The van der Waals surface area contributed by atoms with E-state index in [0.29, 0.717) is 0 Å². The van der Waals surface area contributed by atoms with Gasteiger partial charge in [-0.1, -0.05) is 11.8 Å². The van der Waals surface area contributed by atoms with Crippen molar-refractivity contribution < 1.29 is 9.59 Å². The Morgan fingerprint density at radius 1 is 1.14 bits per heavy atom. The third-order valence-corrected chi connectivity index (χ3v) is 0.697. The molecule has 0 aliphatic carbocycles. The molecule has 2 nitrogen and oxygen atoms in total. The average Bonchev–Trinajstić information content (AvgIpc) is 1.69. The molecule has 0 aromatic rings. The molecule has 0 aliphatic heterocycles. The molecule has 3 heteroatoms. The van der Waals surface area contributed by atoms with Crippen LogP contribution in [0.5, 0.6) is 0 Å². The summed E-state index contributed by atoms with van der Waals surface area (Å²) >= 11 is 0.956. The topological polar surface area (TPSA) is 34.1 Å². The average molecular weight is 114 g/mol. The first-order valence-electron chi connectivity index (χ1n) is 1.46. The molecule has 0 heterocycles. The van der Waals surface area contributed by atoms with E-state index in [0.717, 1.165) is 22.6 Å². The normalized spacial score (nSPS) is 5.71. The maximum Gasteiger partial charge on any atom is 0.131 e. The molecule has 0 N–H and O–H groups in total. The quantitative estimate of drug-likeness (QED) is 0.487. The van der Waals surface area contributed by atoms with E-state index in [9.17, 15) is 9.59 Å². The molecule has 0 rings (SSSR count). The maximum atomic E-state index is 9.33. The highest BCUT2D eigenvalue weighted by atomic mass is 32.2. The Labute approximate surface area is 44.9 Å². The minimum atomic E-state index is 0.956. The summed E-state index contributed by atoms with van der Waals surface area (Å²) in [6, 6.07) is 0. The Hall–Kier alpha value is -0.750. The summed E-state index contributed by atoms with van der Waals surface area (Å²) in [6.45, 7) is 0. The fourth-order valence-electron chi connectivity index (χ4n) is 0.0896. The van der Waals surface area contributed by atoms with E-state index in [1.807, 2.05) is 0 Å². The number of rotatable bonds is 2. The lowest BCUT2D eigenvalue weighted by Crippen LogP contribution is -1.44. The lowest BCUT2D eigenvalue weighted by Gasteiger charge is -1.61. The summed E-state index contributed by atoms with van der Waals surface area (Å²) in [4.78, 5) is 18.7. The van der Waals surface area contributed by atoms with Crippen molar-refractivity contribution in [3.05, 3.63) is 10.8 Å². The molecule has 0 fully saturated rings. The van der Waals surface area contributed by atoms with Gasteiger partial charge in [0.05, 0.1) is 10.8 Å². The van der Waals surface area contributed by atoms with Crippen LogP contribution in [0.25, 0.3) is 0 Å². The molecule has 0 aromatic heterocycles. The van der Waals surface area contributed by atoms with Crippen LogP contribution in [0.2, 0.25) is 0 Å². The van der Waals surface area contributed by atoms with E-state index < -0.39 is 0 Å². The largest absolute Gasteiger partial charge is 0.233 e. The Kier molecular flexibility index (Phi) is 4.69. The molecule has 0 amide bonds. The number of carbonyl (C=O) groups excluding carboxylic acids is 2. The fourth-order valence-corrected chi connectivity index (χ4v) is 0.269. The van der Waals surface area contributed by atoms with Crippen LogP contribution in [-0.4, -0.2) is 11.9 Å². The highest BCUT2D eigenvalue weighted by Crippen LogP contribution is 1.95. The van der Waals surface area contributed by atoms with E-state index in [1.54, 1.807) is 0 Å². The molecule has 0 bridgehead atoms. The summed E-state index contributed by atoms with van der Waals surface area (Å²) in [7, 11) is 0. The van der Waals surface area contributed by atoms with E-state index in [1.165, 1.54) is 11.9 Å². The van der Waals surface area contributed by atoms with Crippen molar-refractivity contribution in [3.8, 4) is 0 Å². The van der Waals surface area contributed by atoms with Crippen molar-refractivity contribution in [2.45, 2.75) is 0 Å². The van der Waals surface area contributed by atoms with Gasteiger partial charge in [0, 0.05) is 0 Å². The van der Waals surface area contributed by atoms with Crippen molar-refractivity contribution in [3.63, 3.8) is 0 Å². The van der Waals surface area contributed by atoms with Crippen LogP contribution in [0, 0.1) is 0 Å². The minimum absolute atomic E-state index is 0.956. The molecule has 36 valence electrons. The third-order valence-electron chi connectivity index (χ3n) is 0.232. The van der Waals surface area contributed by atoms with Crippen molar-refractivity contribution in [2.24, 2.45) is 0 Å². The summed E-state index contributed by atoms with van der Waals surface area (Å²) in [5, 5.41) is 2.26. The second kappa shape index (κ2) is 5.25. The van der Waals surface area contributed by atoms with Gasteiger partial charge in [-0.3, -0.25) is 0 Å². The van der Waals surface area contributed by atoms with Crippen molar-refractivity contribution in [1.29, 1.82) is 0 Å². The number of hydrogen-bond donors (Lipinski definition) is 0. The number of thioether (sulfide) groups is 1. The smallest absolute Gasteiger partial charge is 0.131 e. The van der Waals surface area contributed by atoms with Crippen molar-refractivity contribution in [2.75, 3.05) is 0 Å². The SMILES string of the molecule is O=C=CSC=C=O. The second-order valence-corrected chi connectivity index (χ2v) is 1.35. The monoisotopic (exact) mass is 114 g/mol. The zero-order valence-electron chi connectivity index (χ0n) is 3.38. The van der Waals surface area contributed by atoms with Gasteiger partial charge in [0.1, 0.15) is 11.9 Å². The van der Waals surface area contributed by atoms with Crippen LogP contribution in [0.15, 0.2) is 10.8 Å². The van der Waals surface area contributed by atoms with Gasteiger partial charge in [-0.15, -0.1) is 0 Å². The van der Waals surface area contributed by atoms with Gasteiger partial charge in [-0.05, 0) is 0 Å². The summed E-state index contributed by atoms with van der Waals surface area (Å²) in [5.74, 6) is 2.96. The lowest BCUT2D eigenvalue weighted by molar-refractivity contribution is 0.569. The van der Waals surface area contributed by atoms with Crippen LogP contribution < -0.4 is 0 Å². The molecular formula is C4H2O2S. The first-order valence-corrected chi connectivity index (χ1v) is 2.40. The Bertz CT molecular complexity index is 113. The van der Waals surface area contributed by atoms with Crippen molar-refractivity contribution in [1.82, 2.24) is 0 Å². The molecular weight excluding hydrogens is 112 g/mol. The summed E-state index contributed by atoms with van der Waals surface area (Å²) < 4.78 is 0. The molecule has 0 saturated carbocycles. The van der Waals surface area contributed by atoms with Gasteiger partial charge in [0.15, 0.2) is 0 Å². The molecule has 0 aliphatic rings. The zero-order chi connectivity index (χ0) is 5.54. The fraction of sp³-hybridized carbons (Fsp3) is 0. The van der Waals surface area contributed by atoms with E-state index in [-0.39, 0.29) is 0 Å². The van der Waals surface area contributed by atoms with Crippen LogP contribution in [0.3, 0.4) is 0 Å². The first kappa shape index (κ1) is 6.25. The van der Waals surface area contributed by atoms with E-state index >= 15 is 0 Å². The summed E-state index contributed by atoms with van der Waals surface area (Å²) in [5.41, 5.74) is 0. The molecule has 0 spiro atoms.